The molecule has 0 saturated heterocycles. The van der Waals surface area contributed by atoms with Gasteiger partial charge in [-0.1, -0.05) is 18.5 Å². The lowest BCUT2D eigenvalue weighted by Gasteiger charge is -2.11. The minimum atomic E-state index is -0.983. The summed E-state index contributed by atoms with van der Waals surface area (Å²) in [5, 5.41) is 9.35. The standard InChI is InChI=1S/C11H13ClO3/c1-3-8-6-9(4-5-10(8)12)15-7(2)11(13)14/h4-7H,3H2,1-2H3,(H,13,14). The highest BCUT2D eigenvalue weighted by atomic mass is 35.5. The topological polar surface area (TPSA) is 46.5 Å². The van der Waals surface area contributed by atoms with Crippen molar-refractivity contribution in [2.45, 2.75) is 26.4 Å². The fourth-order valence-corrected chi connectivity index (χ4v) is 1.40. The maximum Gasteiger partial charge on any atom is 0.344 e. The van der Waals surface area contributed by atoms with Crippen LogP contribution in [0.2, 0.25) is 5.02 Å². The van der Waals surface area contributed by atoms with Crippen molar-refractivity contribution < 1.29 is 14.6 Å². The molecule has 1 aromatic rings. The largest absolute Gasteiger partial charge is 0.479 e. The highest BCUT2D eigenvalue weighted by Crippen LogP contribution is 2.23. The van der Waals surface area contributed by atoms with Gasteiger partial charge in [0.05, 0.1) is 0 Å². The van der Waals surface area contributed by atoms with Gasteiger partial charge in [0.25, 0.3) is 0 Å². The van der Waals surface area contributed by atoms with Gasteiger partial charge in [-0.15, -0.1) is 0 Å². The van der Waals surface area contributed by atoms with Gasteiger partial charge < -0.3 is 9.84 Å². The Morgan fingerprint density at radius 3 is 2.80 bits per heavy atom. The number of aliphatic carboxylic acids is 1. The summed E-state index contributed by atoms with van der Waals surface area (Å²) >= 11 is 5.92. The van der Waals surface area contributed by atoms with Gasteiger partial charge >= 0.3 is 5.97 Å². The molecule has 0 fully saturated rings. The van der Waals surface area contributed by atoms with Crippen molar-refractivity contribution in [3.63, 3.8) is 0 Å². The van der Waals surface area contributed by atoms with E-state index in [1.165, 1.54) is 6.92 Å². The molecule has 0 bridgehead atoms. The van der Waals surface area contributed by atoms with Gasteiger partial charge in [-0.25, -0.2) is 4.79 Å². The summed E-state index contributed by atoms with van der Waals surface area (Å²) in [5.41, 5.74) is 0.951. The average Bonchev–Trinajstić information content (AvgIpc) is 2.20. The number of aryl methyl sites for hydroxylation is 1. The fourth-order valence-electron chi connectivity index (χ4n) is 1.15. The number of hydrogen-bond donors (Lipinski definition) is 1. The number of halogens is 1. The first-order chi connectivity index (χ1) is 7.04. The summed E-state index contributed by atoms with van der Waals surface area (Å²) in [6, 6.07) is 5.15. The number of benzene rings is 1. The summed E-state index contributed by atoms with van der Waals surface area (Å²) in [5.74, 6) is -0.450. The van der Waals surface area contributed by atoms with Crippen LogP contribution in [0.4, 0.5) is 0 Å². The molecule has 1 atom stereocenters. The fraction of sp³-hybridized carbons (Fsp3) is 0.364. The minimum absolute atomic E-state index is 0.533. The zero-order valence-corrected chi connectivity index (χ0v) is 9.41. The van der Waals surface area contributed by atoms with E-state index in [-0.39, 0.29) is 0 Å². The van der Waals surface area contributed by atoms with Crippen LogP contribution < -0.4 is 4.74 Å². The smallest absolute Gasteiger partial charge is 0.344 e. The molecule has 0 aliphatic rings. The second-order valence-electron chi connectivity index (χ2n) is 3.21. The van der Waals surface area contributed by atoms with E-state index < -0.39 is 12.1 Å². The minimum Gasteiger partial charge on any atom is -0.479 e. The molecular weight excluding hydrogens is 216 g/mol. The molecule has 3 nitrogen and oxygen atoms in total. The van der Waals surface area contributed by atoms with Crippen LogP contribution in [-0.2, 0) is 11.2 Å². The summed E-state index contributed by atoms with van der Waals surface area (Å²) in [6.07, 6.45) is -0.0619. The number of carboxylic acids is 1. The van der Waals surface area contributed by atoms with E-state index in [9.17, 15) is 4.79 Å². The van der Waals surface area contributed by atoms with Crippen LogP contribution in [-0.4, -0.2) is 17.2 Å². The zero-order chi connectivity index (χ0) is 11.4. The third-order valence-electron chi connectivity index (χ3n) is 2.06. The lowest BCUT2D eigenvalue weighted by Crippen LogP contribution is -2.22. The maximum atomic E-state index is 10.6. The second-order valence-corrected chi connectivity index (χ2v) is 3.61. The molecule has 0 heterocycles. The van der Waals surface area contributed by atoms with Gasteiger partial charge in [-0.2, -0.15) is 0 Å². The molecule has 1 aromatic carbocycles. The summed E-state index contributed by atoms with van der Waals surface area (Å²) in [4.78, 5) is 10.6. The number of carboxylic acid groups (broad SMARTS) is 1. The van der Waals surface area contributed by atoms with Gasteiger partial charge in [-0.05, 0) is 37.1 Å². The number of carbonyl (C=O) groups is 1. The predicted molar refractivity (Wildman–Crippen MR) is 58.6 cm³/mol. The number of ether oxygens (including phenoxy) is 1. The Balaban J connectivity index is 2.83. The Bertz CT molecular complexity index is 363. The quantitative estimate of drug-likeness (QED) is 0.862. The van der Waals surface area contributed by atoms with Gasteiger partial charge in [0.2, 0.25) is 0 Å². The van der Waals surface area contributed by atoms with Crippen LogP contribution in [0.25, 0.3) is 0 Å². The Hall–Kier alpha value is -1.22. The van der Waals surface area contributed by atoms with E-state index >= 15 is 0 Å². The summed E-state index contributed by atoms with van der Waals surface area (Å²) in [6.45, 7) is 3.47. The molecule has 1 N–H and O–H groups in total. The van der Waals surface area contributed by atoms with Crippen LogP contribution in [0.5, 0.6) is 5.75 Å². The average molecular weight is 229 g/mol. The van der Waals surface area contributed by atoms with Crippen molar-refractivity contribution >= 4 is 17.6 Å². The summed E-state index contributed by atoms with van der Waals surface area (Å²) < 4.78 is 5.22. The van der Waals surface area contributed by atoms with Crippen molar-refractivity contribution in [1.29, 1.82) is 0 Å². The van der Waals surface area contributed by atoms with Crippen molar-refractivity contribution in [1.82, 2.24) is 0 Å². The first kappa shape index (κ1) is 11.9. The normalized spacial score (nSPS) is 12.2. The molecule has 82 valence electrons. The highest BCUT2D eigenvalue weighted by Gasteiger charge is 2.12. The molecular formula is C11H13ClO3. The van der Waals surface area contributed by atoms with Crippen LogP contribution in [0.3, 0.4) is 0 Å². The van der Waals surface area contributed by atoms with E-state index in [2.05, 4.69) is 0 Å². The Labute approximate surface area is 93.6 Å². The van der Waals surface area contributed by atoms with Crippen molar-refractivity contribution in [3.05, 3.63) is 28.8 Å². The van der Waals surface area contributed by atoms with Crippen LogP contribution in [0.1, 0.15) is 19.4 Å². The third kappa shape index (κ3) is 3.13. The van der Waals surface area contributed by atoms with Gasteiger partial charge in [-0.3, -0.25) is 0 Å². The van der Waals surface area contributed by atoms with E-state index in [4.69, 9.17) is 21.4 Å². The lowest BCUT2D eigenvalue weighted by atomic mass is 10.1. The maximum absolute atomic E-state index is 10.6. The van der Waals surface area contributed by atoms with E-state index in [1.54, 1.807) is 18.2 Å². The first-order valence-corrected chi connectivity index (χ1v) is 5.10. The van der Waals surface area contributed by atoms with Crippen molar-refractivity contribution in [2.75, 3.05) is 0 Å². The number of hydrogen-bond acceptors (Lipinski definition) is 2. The SMILES string of the molecule is CCc1cc(OC(C)C(=O)O)ccc1Cl. The van der Waals surface area contributed by atoms with Crippen molar-refractivity contribution in [2.24, 2.45) is 0 Å². The van der Waals surface area contributed by atoms with E-state index in [0.29, 0.717) is 10.8 Å². The zero-order valence-electron chi connectivity index (χ0n) is 8.66. The second kappa shape index (κ2) is 5.03. The van der Waals surface area contributed by atoms with Crippen LogP contribution in [0.15, 0.2) is 18.2 Å². The molecule has 0 radical (unpaired) electrons. The Morgan fingerprint density at radius 1 is 1.60 bits per heavy atom. The molecule has 0 aliphatic carbocycles. The van der Waals surface area contributed by atoms with E-state index in [1.807, 2.05) is 6.92 Å². The molecule has 1 unspecified atom stereocenters. The Morgan fingerprint density at radius 2 is 2.27 bits per heavy atom. The van der Waals surface area contributed by atoms with Gasteiger partial charge in [0.15, 0.2) is 6.10 Å². The van der Waals surface area contributed by atoms with Gasteiger partial charge in [0.1, 0.15) is 5.75 Å². The molecule has 0 aromatic heterocycles. The van der Waals surface area contributed by atoms with Crippen LogP contribution in [0, 0.1) is 0 Å². The van der Waals surface area contributed by atoms with Gasteiger partial charge in [0, 0.05) is 5.02 Å². The monoisotopic (exact) mass is 228 g/mol. The lowest BCUT2D eigenvalue weighted by molar-refractivity contribution is -0.144. The number of rotatable bonds is 4. The molecule has 0 aliphatic heterocycles. The molecule has 1 rings (SSSR count). The predicted octanol–water partition coefficient (Wildman–Crippen LogP) is 2.75. The molecule has 0 spiro atoms. The molecule has 15 heavy (non-hydrogen) atoms. The molecule has 0 saturated carbocycles. The molecule has 4 heteroatoms. The molecule has 0 amide bonds. The highest BCUT2D eigenvalue weighted by molar-refractivity contribution is 6.31. The Kier molecular flexibility index (Phi) is 3.97. The van der Waals surface area contributed by atoms with Crippen LogP contribution >= 0.6 is 11.6 Å². The first-order valence-electron chi connectivity index (χ1n) is 4.72. The van der Waals surface area contributed by atoms with E-state index in [0.717, 1.165) is 12.0 Å². The van der Waals surface area contributed by atoms with Crippen molar-refractivity contribution in [3.8, 4) is 5.75 Å². The third-order valence-corrected chi connectivity index (χ3v) is 2.43. The summed E-state index contributed by atoms with van der Waals surface area (Å²) in [7, 11) is 0.